The number of nitrogens with one attached hydrogen (secondary N) is 3. The molecule has 8 nitrogen and oxygen atoms in total. The number of halogens is 1. The molecular weight excluding hydrogens is 453 g/mol. The SMILES string of the molecule is CC1C[C@@H](C[C@@H](C=O)NC(=O)[C@H](Cc2cccc(F)c2)NC(=O)c2cc3ccccc3o2)C(=O)N1. The normalized spacial score (nSPS) is 19.1. The van der Waals surface area contributed by atoms with E-state index in [1.54, 1.807) is 30.3 Å². The van der Waals surface area contributed by atoms with Gasteiger partial charge in [-0.15, -0.1) is 0 Å². The molecule has 0 spiro atoms. The van der Waals surface area contributed by atoms with Crippen LogP contribution in [0.15, 0.2) is 59.0 Å². The molecule has 1 fully saturated rings. The van der Waals surface area contributed by atoms with Crippen LogP contribution in [0, 0.1) is 11.7 Å². The Bertz CT molecular complexity index is 1220. The van der Waals surface area contributed by atoms with Gasteiger partial charge in [0.05, 0.1) is 6.04 Å². The van der Waals surface area contributed by atoms with E-state index in [0.29, 0.717) is 23.9 Å². The summed E-state index contributed by atoms with van der Waals surface area (Å²) in [6.07, 6.45) is 1.28. The van der Waals surface area contributed by atoms with E-state index in [1.807, 2.05) is 13.0 Å². The van der Waals surface area contributed by atoms with Crippen LogP contribution in [0.1, 0.15) is 35.9 Å². The highest BCUT2D eigenvalue weighted by Gasteiger charge is 2.33. The van der Waals surface area contributed by atoms with Gasteiger partial charge in [0.15, 0.2) is 5.76 Å². The van der Waals surface area contributed by atoms with Crippen molar-refractivity contribution in [2.24, 2.45) is 5.92 Å². The zero-order chi connectivity index (χ0) is 24.9. The van der Waals surface area contributed by atoms with E-state index in [0.717, 1.165) is 5.39 Å². The number of hydrogen-bond donors (Lipinski definition) is 3. The van der Waals surface area contributed by atoms with Gasteiger partial charge in [0, 0.05) is 23.8 Å². The van der Waals surface area contributed by atoms with Crippen LogP contribution >= 0.6 is 0 Å². The number of rotatable bonds is 9. The van der Waals surface area contributed by atoms with Crippen LogP contribution < -0.4 is 16.0 Å². The third-order valence-corrected chi connectivity index (χ3v) is 6.03. The molecule has 1 saturated heterocycles. The van der Waals surface area contributed by atoms with Crippen molar-refractivity contribution >= 4 is 35.0 Å². The van der Waals surface area contributed by atoms with Crippen LogP contribution in [0.25, 0.3) is 11.0 Å². The van der Waals surface area contributed by atoms with Gasteiger partial charge in [0.1, 0.15) is 23.7 Å². The highest BCUT2D eigenvalue weighted by molar-refractivity contribution is 5.99. The van der Waals surface area contributed by atoms with E-state index in [9.17, 15) is 23.6 Å². The first-order valence-electron chi connectivity index (χ1n) is 11.4. The third kappa shape index (κ3) is 5.92. The molecule has 182 valence electrons. The van der Waals surface area contributed by atoms with Gasteiger partial charge in [-0.1, -0.05) is 30.3 Å². The van der Waals surface area contributed by atoms with Gasteiger partial charge < -0.3 is 25.2 Å². The van der Waals surface area contributed by atoms with Gasteiger partial charge in [0.2, 0.25) is 11.8 Å². The lowest BCUT2D eigenvalue weighted by Crippen LogP contribution is -2.51. The van der Waals surface area contributed by atoms with Crippen molar-refractivity contribution in [3.63, 3.8) is 0 Å². The molecule has 9 heteroatoms. The minimum absolute atomic E-state index is 0.000624. The number of fused-ring (bicyclic) bond motifs is 1. The van der Waals surface area contributed by atoms with Crippen molar-refractivity contribution in [1.82, 2.24) is 16.0 Å². The summed E-state index contributed by atoms with van der Waals surface area (Å²) >= 11 is 0. The van der Waals surface area contributed by atoms with Crippen LogP contribution in [0.5, 0.6) is 0 Å². The molecule has 3 aromatic rings. The molecule has 2 heterocycles. The first-order valence-corrected chi connectivity index (χ1v) is 11.4. The number of amides is 3. The highest BCUT2D eigenvalue weighted by atomic mass is 19.1. The summed E-state index contributed by atoms with van der Waals surface area (Å²) in [5.74, 6) is -2.25. The first kappa shape index (κ1) is 24.1. The number of benzene rings is 2. The number of carbonyl (C=O) groups excluding carboxylic acids is 4. The maximum atomic E-state index is 13.7. The van der Waals surface area contributed by atoms with Gasteiger partial charge >= 0.3 is 0 Å². The first-order chi connectivity index (χ1) is 16.8. The predicted octanol–water partition coefficient (Wildman–Crippen LogP) is 2.51. The molecule has 3 amide bonds. The van der Waals surface area contributed by atoms with Crippen molar-refractivity contribution in [2.75, 3.05) is 0 Å². The maximum Gasteiger partial charge on any atom is 0.287 e. The minimum Gasteiger partial charge on any atom is -0.451 e. The average molecular weight is 480 g/mol. The molecule has 4 rings (SSSR count). The van der Waals surface area contributed by atoms with Crippen LogP contribution in [0.3, 0.4) is 0 Å². The molecule has 1 aromatic heterocycles. The summed E-state index contributed by atoms with van der Waals surface area (Å²) in [4.78, 5) is 49.8. The largest absolute Gasteiger partial charge is 0.451 e. The van der Waals surface area contributed by atoms with Crippen molar-refractivity contribution < 1.29 is 28.0 Å². The standard InChI is InChI=1S/C26H26FN3O5/c1-15-9-18(24(32)28-15)12-20(14-31)29-25(33)21(11-16-5-4-7-19(27)10-16)30-26(34)23-13-17-6-2-3-8-22(17)35-23/h2-8,10,13-15,18,20-21H,9,11-12H2,1H3,(H,28,32)(H,29,33)(H,30,34)/t15?,18-,20-,21-/m0/s1. The van der Waals surface area contributed by atoms with E-state index in [-0.39, 0.29) is 30.6 Å². The number of hydrogen-bond acceptors (Lipinski definition) is 5. The minimum atomic E-state index is -1.11. The second-order valence-electron chi connectivity index (χ2n) is 8.84. The molecule has 0 radical (unpaired) electrons. The van der Waals surface area contributed by atoms with E-state index in [1.165, 1.54) is 18.2 Å². The fraction of sp³-hybridized carbons (Fsp3) is 0.308. The lowest BCUT2D eigenvalue weighted by molar-refractivity contribution is -0.127. The van der Waals surface area contributed by atoms with Gasteiger partial charge in [-0.05, 0) is 49.6 Å². The molecule has 1 unspecified atom stereocenters. The van der Waals surface area contributed by atoms with E-state index in [4.69, 9.17) is 4.42 Å². The quantitative estimate of drug-likeness (QED) is 0.408. The third-order valence-electron chi connectivity index (χ3n) is 6.03. The maximum absolute atomic E-state index is 13.7. The van der Waals surface area contributed by atoms with E-state index < -0.39 is 35.6 Å². The number of furan rings is 1. The Hall–Kier alpha value is -4.01. The van der Waals surface area contributed by atoms with Crippen LogP contribution in [0.4, 0.5) is 4.39 Å². The van der Waals surface area contributed by atoms with Crippen molar-refractivity contribution in [2.45, 2.75) is 44.3 Å². The summed E-state index contributed by atoms with van der Waals surface area (Å²) < 4.78 is 19.3. The Labute approximate surface area is 201 Å². The van der Waals surface area contributed by atoms with Crippen LogP contribution in [-0.2, 0) is 20.8 Å². The van der Waals surface area contributed by atoms with Crippen molar-refractivity contribution in [3.05, 3.63) is 71.7 Å². The Morgan fingerprint density at radius 3 is 2.66 bits per heavy atom. The molecule has 0 aliphatic carbocycles. The molecule has 3 N–H and O–H groups in total. The number of carbonyl (C=O) groups is 4. The fourth-order valence-corrected chi connectivity index (χ4v) is 4.33. The van der Waals surface area contributed by atoms with Gasteiger partial charge in [-0.3, -0.25) is 14.4 Å². The van der Waals surface area contributed by atoms with Gasteiger partial charge in [0.25, 0.3) is 5.91 Å². The lowest BCUT2D eigenvalue weighted by Gasteiger charge is -2.22. The summed E-state index contributed by atoms with van der Waals surface area (Å²) in [6, 6.07) is 12.3. The second kappa shape index (κ2) is 10.5. The monoisotopic (exact) mass is 479 g/mol. The highest BCUT2D eigenvalue weighted by Crippen LogP contribution is 2.21. The molecule has 35 heavy (non-hydrogen) atoms. The zero-order valence-corrected chi connectivity index (χ0v) is 19.1. The summed E-state index contributed by atoms with van der Waals surface area (Å²) in [5.41, 5.74) is 1.01. The molecule has 2 aromatic carbocycles. The zero-order valence-electron chi connectivity index (χ0n) is 19.1. The molecule has 0 saturated carbocycles. The van der Waals surface area contributed by atoms with E-state index in [2.05, 4.69) is 16.0 Å². The Kier molecular flexibility index (Phi) is 7.24. The Balaban J connectivity index is 1.50. The van der Waals surface area contributed by atoms with Crippen molar-refractivity contribution in [3.8, 4) is 0 Å². The Morgan fingerprint density at radius 1 is 1.17 bits per heavy atom. The fourth-order valence-electron chi connectivity index (χ4n) is 4.33. The summed E-state index contributed by atoms with van der Waals surface area (Å²) in [7, 11) is 0. The number of para-hydroxylation sites is 1. The molecule has 4 atom stereocenters. The van der Waals surface area contributed by atoms with Crippen LogP contribution in [-0.4, -0.2) is 42.1 Å². The predicted molar refractivity (Wildman–Crippen MR) is 126 cm³/mol. The topological polar surface area (TPSA) is 118 Å². The second-order valence-corrected chi connectivity index (χ2v) is 8.84. The van der Waals surface area contributed by atoms with E-state index >= 15 is 0 Å². The summed E-state index contributed by atoms with van der Waals surface area (Å²) in [5, 5.41) is 8.79. The van der Waals surface area contributed by atoms with Gasteiger partial charge in [-0.2, -0.15) is 0 Å². The molecule has 1 aliphatic heterocycles. The lowest BCUT2D eigenvalue weighted by atomic mass is 9.96. The molecule has 1 aliphatic rings. The number of aldehydes is 1. The van der Waals surface area contributed by atoms with Crippen molar-refractivity contribution in [1.29, 1.82) is 0 Å². The molecule has 0 bridgehead atoms. The smallest absolute Gasteiger partial charge is 0.287 e. The van der Waals surface area contributed by atoms with Gasteiger partial charge in [-0.25, -0.2) is 4.39 Å². The molecular formula is C26H26FN3O5. The average Bonchev–Trinajstić information content (AvgIpc) is 3.40. The Morgan fingerprint density at radius 2 is 1.97 bits per heavy atom. The van der Waals surface area contributed by atoms with Crippen LogP contribution in [0.2, 0.25) is 0 Å². The summed E-state index contributed by atoms with van der Waals surface area (Å²) in [6.45, 7) is 1.87.